The number of amides is 1. The summed E-state index contributed by atoms with van der Waals surface area (Å²) >= 11 is 0. The summed E-state index contributed by atoms with van der Waals surface area (Å²) in [5, 5.41) is 22.2. The summed E-state index contributed by atoms with van der Waals surface area (Å²) < 4.78 is 34.9. The van der Waals surface area contributed by atoms with Crippen molar-refractivity contribution in [3.63, 3.8) is 0 Å². The van der Waals surface area contributed by atoms with E-state index in [-0.39, 0.29) is 18.0 Å². The molecule has 16 heteroatoms. The Morgan fingerprint density at radius 2 is 1.85 bits per heavy atom. The topological polar surface area (TPSA) is 178 Å². The van der Waals surface area contributed by atoms with Crippen LogP contribution in [0, 0.1) is 0 Å². The first-order chi connectivity index (χ1) is 18.5. The van der Waals surface area contributed by atoms with Crippen LogP contribution in [0.5, 0.6) is 0 Å². The number of nitrogens with zero attached hydrogens (tertiary/aromatic N) is 7. The largest absolute Gasteiger partial charge is 0.490 e. The van der Waals surface area contributed by atoms with Gasteiger partial charge in [-0.2, -0.15) is 23.4 Å². The molecule has 39 heavy (non-hydrogen) atoms. The Bertz CT molecular complexity index is 1450. The molecule has 13 nitrogen and oxygen atoms in total. The van der Waals surface area contributed by atoms with E-state index in [4.69, 9.17) is 15.6 Å². The van der Waals surface area contributed by atoms with Gasteiger partial charge in [-0.05, 0) is 18.9 Å². The highest BCUT2D eigenvalue weighted by atomic mass is 19.4. The van der Waals surface area contributed by atoms with Crippen molar-refractivity contribution in [1.29, 1.82) is 0 Å². The predicted molar refractivity (Wildman–Crippen MR) is 133 cm³/mol. The van der Waals surface area contributed by atoms with Crippen molar-refractivity contribution in [2.75, 3.05) is 10.6 Å². The van der Waals surface area contributed by atoms with E-state index < -0.39 is 12.1 Å². The summed E-state index contributed by atoms with van der Waals surface area (Å²) in [6, 6.07) is 2.11. The molecule has 1 aliphatic carbocycles. The van der Waals surface area contributed by atoms with Crippen molar-refractivity contribution in [2.45, 2.75) is 43.9 Å². The van der Waals surface area contributed by atoms with Gasteiger partial charge in [0.05, 0.1) is 11.9 Å². The van der Waals surface area contributed by atoms with Gasteiger partial charge in [-0.15, -0.1) is 0 Å². The monoisotopic (exact) mass is 546 g/mol. The van der Waals surface area contributed by atoms with Gasteiger partial charge in [0.1, 0.15) is 23.4 Å². The zero-order valence-electron chi connectivity index (χ0n) is 20.6. The number of aromatic nitrogens is 7. The number of anilines is 2. The first kappa shape index (κ1) is 27.4. The lowest BCUT2D eigenvalue weighted by Crippen LogP contribution is -2.42. The fraction of sp³-hybridized carbons (Fsp3) is 0.348. The minimum atomic E-state index is -5.08. The van der Waals surface area contributed by atoms with E-state index in [1.807, 2.05) is 6.07 Å². The Labute approximate surface area is 219 Å². The number of aliphatic carboxylic acids is 1. The molecule has 5 N–H and O–H groups in total. The number of alkyl halides is 3. The molecule has 1 aliphatic rings. The van der Waals surface area contributed by atoms with Gasteiger partial charge in [-0.1, -0.05) is 12.8 Å². The quantitative estimate of drug-likeness (QED) is 0.291. The van der Waals surface area contributed by atoms with E-state index in [2.05, 4.69) is 35.8 Å². The third-order valence-corrected chi connectivity index (χ3v) is 5.92. The smallest absolute Gasteiger partial charge is 0.475 e. The molecule has 206 valence electrons. The van der Waals surface area contributed by atoms with E-state index >= 15 is 0 Å². The molecule has 0 radical (unpaired) electrons. The minimum Gasteiger partial charge on any atom is -0.475 e. The second kappa shape index (κ2) is 11.4. The van der Waals surface area contributed by atoms with Gasteiger partial charge in [0.15, 0.2) is 5.65 Å². The van der Waals surface area contributed by atoms with Crippen LogP contribution < -0.4 is 16.4 Å². The number of aryl methyl sites for hydroxylation is 1. The number of halogens is 3. The molecule has 0 unspecified atom stereocenters. The van der Waals surface area contributed by atoms with Gasteiger partial charge in [-0.3, -0.25) is 9.48 Å². The van der Waals surface area contributed by atoms with Gasteiger partial charge in [0.25, 0.3) is 5.91 Å². The molecule has 0 saturated heterocycles. The minimum absolute atomic E-state index is 0.0976. The molecule has 4 aromatic heterocycles. The number of rotatable bonds is 5. The van der Waals surface area contributed by atoms with Crippen LogP contribution in [-0.4, -0.2) is 69.6 Å². The normalized spacial score (nSPS) is 17.3. The number of carbonyl (C=O) groups excluding carboxylic acids is 1. The maximum Gasteiger partial charge on any atom is 0.490 e. The van der Waals surface area contributed by atoms with Crippen LogP contribution in [0.3, 0.4) is 0 Å². The Hall–Kier alpha value is -4.60. The number of hydrogen-bond acceptors (Lipinski definition) is 9. The lowest BCUT2D eigenvalue weighted by atomic mass is 9.91. The van der Waals surface area contributed by atoms with Crippen molar-refractivity contribution in [1.82, 2.24) is 34.3 Å². The maximum atomic E-state index is 13.1. The lowest BCUT2D eigenvalue weighted by Gasteiger charge is -2.29. The number of carbonyl (C=O) groups is 2. The van der Waals surface area contributed by atoms with Crippen molar-refractivity contribution in [3.05, 3.63) is 48.9 Å². The van der Waals surface area contributed by atoms with Gasteiger partial charge < -0.3 is 21.5 Å². The number of carboxylic acid groups (broad SMARTS) is 1. The lowest BCUT2D eigenvalue weighted by molar-refractivity contribution is -0.192. The van der Waals surface area contributed by atoms with Crippen LogP contribution in [0.15, 0.2) is 43.4 Å². The highest BCUT2D eigenvalue weighted by molar-refractivity contribution is 6.09. The molecule has 4 aromatic rings. The van der Waals surface area contributed by atoms with Crippen LogP contribution in [-0.2, 0) is 11.8 Å². The molecule has 5 rings (SSSR count). The standard InChI is InChI=1S/C21H24N10O.C2HF3O2/c1-30-11-17(19(29-30)13-8-23-12-24-9-13)27-21(32)14-10-25-31-7-6-18(28-20(14)31)26-16-5-3-2-4-15(16)22;3-2(4,5)1(6)7/h6-12,15-16H,2-5,22H2,1H3,(H,26,28)(H,27,32);(H,6,7)/t15-,16+;/m0./s1. The Morgan fingerprint density at radius 3 is 2.51 bits per heavy atom. The first-order valence-corrected chi connectivity index (χ1v) is 11.8. The predicted octanol–water partition coefficient (Wildman–Crippen LogP) is 2.49. The van der Waals surface area contributed by atoms with Crippen molar-refractivity contribution >= 4 is 29.0 Å². The number of carboxylic acids is 1. The zero-order valence-corrected chi connectivity index (χ0v) is 20.6. The fourth-order valence-electron chi connectivity index (χ4n) is 4.04. The molecule has 4 heterocycles. The van der Waals surface area contributed by atoms with E-state index in [9.17, 15) is 18.0 Å². The van der Waals surface area contributed by atoms with Crippen molar-refractivity contribution in [2.24, 2.45) is 12.8 Å². The van der Waals surface area contributed by atoms with E-state index in [0.29, 0.717) is 34.0 Å². The van der Waals surface area contributed by atoms with E-state index in [1.165, 1.54) is 12.5 Å². The molecular weight excluding hydrogens is 521 g/mol. The van der Waals surface area contributed by atoms with Gasteiger partial charge >= 0.3 is 12.1 Å². The molecule has 2 atom stereocenters. The molecule has 1 fully saturated rings. The maximum absolute atomic E-state index is 13.1. The number of fused-ring (bicyclic) bond motifs is 1. The van der Waals surface area contributed by atoms with Crippen LogP contribution in [0.1, 0.15) is 36.0 Å². The Balaban J connectivity index is 0.000000448. The zero-order chi connectivity index (χ0) is 28.2. The van der Waals surface area contributed by atoms with Gasteiger partial charge in [0, 0.05) is 49.5 Å². The summed E-state index contributed by atoms with van der Waals surface area (Å²) in [7, 11) is 1.79. The summed E-state index contributed by atoms with van der Waals surface area (Å²) in [5.74, 6) is -2.41. The van der Waals surface area contributed by atoms with Crippen LogP contribution in [0.2, 0.25) is 0 Å². The molecule has 0 bridgehead atoms. The summed E-state index contributed by atoms with van der Waals surface area (Å²) in [4.78, 5) is 34.7. The molecule has 0 aromatic carbocycles. The number of hydrogen-bond donors (Lipinski definition) is 4. The van der Waals surface area contributed by atoms with Gasteiger partial charge in [0.2, 0.25) is 0 Å². The molecule has 1 amide bonds. The molecule has 0 aliphatic heterocycles. The Morgan fingerprint density at radius 1 is 1.15 bits per heavy atom. The van der Waals surface area contributed by atoms with Gasteiger partial charge in [-0.25, -0.2) is 24.3 Å². The van der Waals surface area contributed by atoms with Crippen molar-refractivity contribution < 1.29 is 27.9 Å². The van der Waals surface area contributed by atoms with Crippen LogP contribution in [0.4, 0.5) is 24.7 Å². The van der Waals surface area contributed by atoms with E-state index in [0.717, 1.165) is 25.7 Å². The number of nitrogens with one attached hydrogen (secondary N) is 2. The second-order valence-electron chi connectivity index (χ2n) is 8.79. The summed E-state index contributed by atoms with van der Waals surface area (Å²) in [5.41, 5.74) is 8.92. The van der Waals surface area contributed by atoms with Crippen LogP contribution in [0.25, 0.3) is 16.9 Å². The SMILES string of the molecule is Cn1cc(NC(=O)c2cnn3ccc(N[C@@H]4CCCC[C@@H]4N)nc23)c(-c2cncnc2)n1.O=C(O)C(F)(F)F. The highest BCUT2D eigenvalue weighted by Crippen LogP contribution is 2.26. The first-order valence-electron chi connectivity index (χ1n) is 11.8. The number of nitrogens with two attached hydrogens (primary N) is 1. The fourth-order valence-corrected chi connectivity index (χ4v) is 4.04. The molecular formula is C23H25F3N10O3. The third-order valence-electron chi connectivity index (χ3n) is 5.92. The van der Waals surface area contributed by atoms with E-state index in [1.54, 1.807) is 41.0 Å². The average molecular weight is 547 g/mol. The van der Waals surface area contributed by atoms with Crippen molar-refractivity contribution in [3.8, 4) is 11.3 Å². The summed E-state index contributed by atoms with van der Waals surface area (Å²) in [6.07, 6.45) is 9.00. The second-order valence-corrected chi connectivity index (χ2v) is 8.79. The average Bonchev–Trinajstić information content (AvgIpc) is 3.48. The molecule has 1 saturated carbocycles. The third kappa shape index (κ3) is 6.64. The molecule has 0 spiro atoms. The summed E-state index contributed by atoms with van der Waals surface area (Å²) in [6.45, 7) is 0. The highest BCUT2D eigenvalue weighted by Gasteiger charge is 2.38. The van der Waals surface area contributed by atoms with Crippen LogP contribution >= 0.6 is 0 Å². The Kier molecular flexibility index (Phi) is 8.04.